The predicted molar refractivity (Wildman–Crippen MR) is 65.9 cm³/mol. The van der Waals surface area contributed by atoms with E-state index in [0.717, 1.165) is 18.8 Å². The fourth-order valence-corrected chi connectivity index (χ4v) is 1.60. The first kappa shape index (κ1) is 12.2. The van der Waals surface area contributed by atoms with Crippen molar-refractivity contribution in [2.24, 2.45) is 11.8 Å². The highest BCUT2D eigenvalue weighted by atomic mass is 14.7. The van der Waals surface area contributed by atoms with Crippen LogP contribution in [-0.2, 0) is 12.8 Å². The molecule has 0 saturated carbocycles. The third-order valence-corrected chi connectivity index (χ3v) is 2.51. The number of hydrogen-bond acceptors (Lipinski definition) is 1. The molecule has 1 heterocycles. The second-order valence-corrected chi connectivity index (χ2v) is 5.19. The number of aromatic nitrogens is 1. The van der Waals surface area contributed by atoms with Crippen LogP contribution in [0.15, 0.2) is 18.3 Å². The van der Waals surface area contributed by atoms with Gasteiger partial charge in [-0.25, -0.2) is 0 Å². The Kier molecular flexibility index (Phi) is 4.80. The van der Waals surface area contributed by atoms with Gasteiger partial charge in [-0.1, -0.05) is 33.8 Å². The van der Waals surface area contributed by atoms with Crippen LogP contribution >= 0.6 is 0 Å². The van der Waals surface area contributed by atoms with Crippen LogP contribution in [0.2, 0.25) is 0 Å². The lowest BCUT2D eigenvalue weighted by atomic mass is 10.0. The Bertz CT molecular complexity index is 272. The normalized spacial score (nSPS) is 11.3. The van der Waals surface area contributed by atoms with Crippen LogP contribution < -0.4 is 0 Å². The number of nitrogens with zero attached hydrogens (tertiary/aromatic N) is 1. The summed E-state index contributed by atoms with van der Waals surface area (Å²) in [6, 6.07) is 4.41. The summed E-state index contributed by atoms with van der Waals surface area (Å²) in [6.07, 6.45) is 5.54. The summed E-state index contributed by atoms with van der Waals surface area (Å²) in [5.41, 5.74) is 2.59. The fraction of sp³-hybridized carbons (Fsp3) is 0.643. The van der Waals surface area contributed by atoms with Crippen molar-refractivity contribution < 1.29 is 0 Å². The Morgan fingerprint density at radius 2 is 1.80 bits per heavy atom. The SMILES string of the molecule is CC(C)CCc1ccc(CC(C)C)nc1. The molecule has 1 heteroatoms. The average Bonchev–Trinajstić information content (AvgIpc) is 2.16. The van der Waals surface area contributed by atoms with Gasteiger partial charge in [0, 0.05) is 11.9 Å². The van der Waals surface area contributed by atoms with E-state index in [9.17, 15) is 0 Å². The lowest BCUT2D eigenvalue weighted by Gasteiger charge is -2.06. The fourth-order valence-electron chi connectivity index (χ4n) is 1.60. The average molecular weight is 205 g/mol. The van der Waals surface area contributed by atoms with Crippen LogP contribution in [0.5, 0.6) is 0 Å². The molecule has 0 unspecified atom stereocenters. The molecule has 0 aromatic carbocycles. The maximum absolute atomic E-state index is 4.50. The zero-order chi connectivity index (χ0) is 11.3. The lowest BCUT2D eigenvalue weighted by Crippen LogP contribution is -1.98. The number of hydrogen-bond donors (Lipinski definition) is 0. The van der Waals surface area contributed by atoms with Gasteiger partial charge in [0.2, 0.25) is 0 Å². The lowest BCUT2D eigenvalue weighted by molar-refractivity contribution is 0.585. The molecule has 0 N–H and O–H groups in total. The van der Waals surface area contributed by atoms with Crippen LogP contribution in [0, 0.1) is 11.8 Å². The second-order valence-electron chi connectivity index (χ2n) is 5.19. The highest BCUT2D eigenvalue weighted by molar-refractivity contribution is 5.14. The first-order valence-corrected chi connectivity index (χ1v) is 6.01. The summed E-state index contributed by atoms with van der Waals surface area (Å²) in [6.45, 7) is 8.99. The minimum atomic E-state index is 0.694. The quantitative estimate of drug-likeness (QED) is 0.711. The molecular formula is C14H23N. The van der Waals surface area contributed by atoms with Gasteiger partial charge in [-0.2, -0.15) is 0 Å². The molecular weight excluding hydrogens is 182 g/mol. The first-order valence-electron chi connectivity index (χ1n) is 6.01. The van der Waals surface area contributed by atoms with Crippen molar-refractivity contribution in [3.63, 3.8) is 0 Å². The van der Waals surface area contributed by atoms with Crippen LogP contribution in [0.25, 0.3) is 0 Å². The van der Waals surface area contributed by atoms with E-state index in [1.54, 1.807) is 0 Å². The van der Waals surface area contributed by atoms with E-state index in [4.69, 9.17) is 0 Å². The number of pyridine rings is 1. The maximum atomic E-state index is 4.50. The van der Waals surface area contributed by atoms with Gasteiger partial charge in [0.15, 0.2) is 0 Å². The van der Waals surface area contributed by atoms with Crippen molar-refractivity contribution in [1.29, 1.82) is 0 Å². The summed E-state index contributed by atoms with van der Waals surface area (Å²) >= 11 is 0. The Morgan fingerprint density at radius 3 is 2.27 bits per heavy atom. The van der Waals surface area contributed by atoms with Crippen LogP contribution in [0.4, 0.5) is 0 Å². The van der Waals surface area contributed by atoms with E-state index in [-0.39, 0.29) is 0 Å². The molecule has 0 aliphatic heterocycles. The van der Waals surface area contributed by atoms with Gasteiger partial charge in [-0.3, -0.25) is 4.98 Å². The minimum absolute atomic E-state index is 0.694. The molecule has 0 bridgehead atoms. The van der Waals surface area contributed by atoms with Crippen molar-refractivity contribution in [2.45, 2.75) is 47.0 Å². The second kappa shape index (κ2) is 5.89. The summed E-state index contributed by atoms with van der Waals surface area (Å²) < 4.78 is 0. The zero-order valence-electron chi connectivity index (χ0n) is 10.5. The molecule has 0 amide bonds. The van der Waals surface area contributed by atoms with E-state index in [2.05, 4.69) is 44.8 Å². The molecule has 0 aliphatic carbocycles. The molecule has 0 radical (unpaired) electrons. The van der Waals surface area contributed by atoms with Gasteiger partial charge in [-0.05, 0) is 42.7 Å². The molecule has 0 saturated heterocycles. The van der Waals surface area contributed by atoms with Gasteiger partial charge >= 0.3 is 0 Å². The van der Waals surface area contributed by atoms with Crippen LogP contribution in [0.3, 0.4) is 0 Å². The molecule has 15 heavy (non-hydrogen) atoms. The smallest absolute Gasteiger partial charge is 0.0406 e. The summed E-state index contributed by atoms with van der Waals surface area (Å²) in [7, 11) is 0. The predicted octanol–water partition coefficient (Wildman–Crippen LogP) is 3.87. The van der Waals surface area contributed by atoms with Crippen LogP contribution in [0.1, 0.15) is 45.4 Å². The van der Waals surface area contributed by atoms with E-state index in [1.165, 1.54) is 17.7 Å². The highest BCUT2D eigenvalue weighted by Gasteiger charge is 2.00. The van der Waals surface area contributed by atoms with Gasteiger partial charge in [0.1, 0.15) is 0 Å². The van der Waals surface area contributed by atoms with E-state index in [1.807, 2.05) is 6.20 Å². The van der Waals surface area contributed by atoms with E-state index >= 15 is 0 Å². The summed E-state index contributed by atoms with van der Waals surface area (Å²) in [4.78, 5) is 4.50. The van der Waals surface area contributed by atoms with Crippen LogP contribution in [-0.4, -0.2) is 4.98 Å². The monoisotopic (exact) mass is 205 g/mol. The molecule has 1 nitrogen and oxygen atoms in total. The maximum Gasteiger partial charge on any atom is 0.0406 e. The van der Waals surface area contributed by atoms with Crippen molar-refractivity contribution >= 4 is 0 Å². The Hall–Kier alpha value is -0.850. The molecule has 1 aromatic heterocycles. The molecule has 1 aromatic rings. The Morgan fingerprint density at radius 1 is 1.07 bits per heavy atom. The number of rotatable bonds is 5. The molecule has 0 aliphatic rings. The van der Waals surface area contributed by atoms with Crippen molar-refractivity contribution in [3.8, 4) is 0 Å². The third-order valence-electron chi connectivity index (χ3n) is 2.51. The van der Waals surface area contributed by atoms with Gasteiger partial charge in [0.25, 0.3) is 0 Å². The standard InChI is InChI=1S/C14H23N/c1-11(2)5-6-13-7-8-14(15-10-13)9-12(3)4/h7-8,10-12H,5-6,9H2,1-4H3. The Balaban J connectivity index is 2.49. The largest absolute Gasteiger partial charge is 0.261 e. The third kappa shape index (κ3) is 4.96. The van der Waals surface area contributed by atoms with Gasteiger partial charge < -0.3 is 0 Å². The Labute approximate surface area is 93.9 Å². The van der Waals surface area contributed by atoms with E-state index in [0.29, 0.717) is 5.92 Å². The highest BCUT2D eigenvalue weighted by Crippen LogP contribution is 2.10. The zero-order valence-corrected chi connectivity index (χ0v) is 10.5. The topological polar surface area (TPSA) is 12.9 Å². The summed E-state index contributed by atoms with van der Waals surface area (Å²) in [5, 5.41) is 0. The van der Waals surface area contributed by atoms with Crippen molar-refractivity contribution in [1.82, 2.24) is 4.98 Å². The molecule has 1 rings (SSSR count). The first-order chi connectivity index (χ1) is 7.08. The molecule has 0 spiro atoms. The molecule has 0 fully saturated rings. The van der Waals surface area contributed by atoms with Crippen molar-refractivity contribution in [2.75, 3.05) is 0 Å². The van der Waals surface area contributed by atoms with Gasteiger partial charge in [0.05, 0.1) is 0 Å². The number of aryl methyl sites for hydroxylation is 1. The minimum Gasteiger partial charge on any atom is -0.261 e. The molecule has 0 atom stereocenters. The molecule has 84 valence electrons. The van der Waals surface area contributed by atoms with Crippen molar-refractivity contribution in [3.05, 3.63) is 29.6 Å². The van der Waals surface area contributed by atoms with E-state index < -0.39 is 0 Å². The summed E-state index contributed by atoms with van der Waals surface area (Å²) in [5.74, 6) is 1.47. The van der Waals surface area contributed by atoms with Gasteiger partial charge in [-0.15, -0.1) is 0 Å².